The molecule has 0 saturated carbocycles. The number of hydrogen-bond donors (Lipinski definition) is 0. The highest BCUT2D eigenvalue weighted by Crippen LogP contribution is 2.58. The molecule has 3 aliphatic heterocycles. The molecule has 0 fully saturated rings. The van der Waals surface area contributed by atoms with Crippen LogP contribution in [-0.2, 0) is 21.7 Å². The number of benzene rings is 6. The van der Waals surface area contributed by atoms with Crippen LogP contribution in [0.4, 0.5) is 28.4 Å². The van der Waals surface area contributed by atoms with Crippen LogP contribution in [0.25, 0.3) is 33.1 Å². The topological polar surface area (TPSA) is 28.9 Å². The molecule has 0 spiro atoms. The number of furan rings is 1. The van der Waals surface area contributed by atoms with E-state index >= 15 is 0 Å². The summed E-state index contributed by atoms with van der Waals surface area (Å²) in [5.41, 5.74) is 17.7. The van der Waals surface area contributed by atoms with E-state index in [4.69, 9.17) is 9.15 Å². The lowest BCUT2D eigenvalue weighted by atomic mass is 9.43. The lowest BCUT2D eigenvalue weighted by molar-refractivity contribution is 0.474. The van der Waals surface area contributed by atoms with Gasteiger partial charge in [-0.1, -0.05) is 132 Å². The van der Waals surface area contributed by atoms with Crippen LogP contribution in [0.5, 0.6) is 11.5 Å². The molecular formula is C52H53BN2O2. The normalized spacial score (nSPS) is 14.7. The van der Waals surface area contributed by atoms with Gasteiger partial charge in [-0.3, -0.25) is 0 Å². The Labute approximate surface area is 338 Å². The molecule has 0 atom stereocenters. The van der Waals surface area contributed by atoms with Gasteiger partial charge in [0.25, 0.3) is 0 Å². The second-order valence-electron chi connectivity index (χ2n) is 20.8. The minimum absolute atomic E-state index is 0.0370. The lowest BCUT2D eigenvalue weighted by Crippen LogP contribution is -2.62. The maximum Gasteiger partial charge on any atom is 0.333 e. The first kappa shape index (κ1) is 36.0. The van der Waals surface area contributed by atoms with Crippen molar-refractivity contribution in [1.82, 2.24) is 0 Å². The van der Waals surface area contributed by atoms with E-state index in [2.05, 4.69) is 190 Å². The van der Waals surface area contributed by atoms with E-state index < -0.39 is 0 Å². The molecule has 5 heteroatoms. The first-order valence-electron chi connectivity index (χ1n) is 20.6. The smallest absolute Gasteiger partial charge is 0.333 e. The van der Waals surface area contributed by atoms with Crippen LogP contribution >= 0.6 is 0 Å². The summed E-state index contributed by atoms with van der Waals surface area (Å²) in [5, 5.41) is 2.21. The number of ether oxygens (including phenoxy) is 1. The summed E-state index contributed by atoms with van der Waals surface area (Å²) in [6.45, 7) is 27.6. The van der Waals surface area contributed by atoms with Gasteiger partial charge in [-0.2, -0.15) is 0 Å². The van der Waals surface area contributed by atoms with Gasteiger partial charge in [0.05, 0.1) is 11.4 Å². The molecule has 10 rings (SSSR count). The molecule has 0 radical (unpaired) electrons. The average molecular weight is 749 g/mol. The van der Waals surface area contributed by atoms with Gasteiger partial charge < -0.3 is 18.9 Å². The van der Waals surface area contributed by atoms with Crippen molar-refractivity contribution in [3.63, 3.8) is 0 Å². The van der Waals surface area contributed by atoms with Crippen molar-refractivity contribution >= 4 is 68.1 Å². The lowest BCUT2D eigenvalue weighted by Gasteiger charge is -2.48. The highest BCUT2D eigenvalue weighted by Gasteiger charge is 2.49. The molecule has 1 aromatic heterocycles. The van der Waals surface area contributed by atoms with E-state index in [-0.39, 0.29) is 28.5 Å². The molecular weight excluding hydrogens is 695 g/mol. The van der Waals surface area contributed by atoms with Crippen LogP contribution in [-0.4, -0.2) is 6.85 Å². The fourth-order valence-corrected chi connectivity index (χ4v) is 9.23. The van der Waals surface area contributed by atoms with Crippen molar-refractivity contribution in [2.75, 3.05) is 9.71 Å². The van der Waals surface area contributed by atoms with Crippen molar-refractivity contribution in [2.24, 2.45) is 0 Å². The van der Waals surface area contributed by atoms with Gasteiger partial charge in [-0.25, -0.2) is 0 Å². The van der Waals surface area contributed by atoms with Crippen molar-refractivity contribution in [1.29, 1.82) is 0 Å². The van der Waals surface area contributed by atoms with Crippen molar-refractivity contribution in [2.45, 2.75) is 105 Å². The Bertz CT molecular complexity index is 2820. The van der Waals surface area contributed by atoms with Crippen LogP contribution in [0, 0.1) is 0 Å². The highest BCUT2D eigenvalue weighted by molar-refractivity contribution is 6.93. The monoisotopic (exact) mass is 748 g/mol. The minimum atomic E-state index is -0.108. The van der Waals surface area contributed by atoms with Gasteiger partial charge in [0.2, 0.25) is 0 Å². The highest BCUT2D eigenvalue weighted by atomic mass is 16.5. The fraction of sp³-hybridized carbons (Fsp3) is 0.308. The summed E-state index contributed by atoms with van der Waals surface area (Å²) in [7, 11) is 0. The summed E-state index contributed by atoms with van der Waals surface area (Å²) >= 11 is 0. The number of para-hydroxylation sites is 1. The van der Waals surface area contributed by atoms with Gasteiger partial charge in [-0.05, 0) is 109 Å². The largest absolute Gasteiger partial charge is 0.456 e. The predicted molar refractivity (Wildman–Crippen MR) is 242 cm³/mol. The molecule has 7 aromatic rings. The standard InChI is InChI=1S/C52H53BN2O2/c1-49(2,3)30-17-20-34(21-18-30)54-40-25-31(50(4,5)6)19-22-39(40)53-47-37(23-32(26-42(47)54)51(7,8)9)38-24-33(52(10,11)12)27-46-48(38)55(53)41-28-36-35-15-13-14-16-43(35)56-44(36)29-45(41)57-46/h13-29H,1-12H3. The van der Waals surface area contributed by atoms with E-state index in [9.17, 15) is 0 Å². The minimum Gasteiger partial charge on any atom is -0.456 e. The van der Waals surface area contributed by atoms with Crippen LogP contribution in [0.2, 0.25) is 0 Å². The SMILES string of the molecule is CC(C)(C)c1ccc(N2c3cc(C(C)(C)C)ccc3B3c4c(cc(C(C)(C)C)cc42)-c2cc(C(C)(C)C)cc4c2N3c2cc3c(cc2O4)oc2ccccc23)cc1. The number of hydrogen-bond acceptors (Lipinski definition) is 4. The zero-order valence-electron chi connectivity index (χ0n) is 35.6. The quantitative estimate of drug-likeness (QED) is 0.156. The van der Waals surface area contributed by atoms with Crippen molar-refractivity contribution in [3.8, 4) is 22.6 Å². The van der Waals surface area contributed by atoms with E-state index in [0.717, 1.165) is 44.8 Å². The summed E-state index contributed by atoms with van der Waals surface area (Å²) < 4.78 is 13.6. The van der Waals surface area contributed by atoms with Crippen LogP contribution in [0.15, 0.2) is 108 Å². The molecule has 0 amide bonds. The number of rotatable bonds is 1. The molecule has 6 aromatic carbocycles. The molecule has 286 valence electrons. The molecule has 0 bridgehead atoms. The third-order valence-electron chi connectivity index (χ3n) is 12.6. The predicted octanol–water partition coefficient (Wildman–Crippen LogP) is 13.6. The molecule has 0 unspecified atom stereocenters. The molecule has 4 heterocycles. The third kappa shape index (κ3) is 5.41. The van der Waals surface area contributed by atoms with Gasteiger partial charge in [0.1, 0.15) is 11.2 Å². The summed E-state index contributed by atoms with van der Waals surface area (Å²) in [6, 6.07) is 39.1. The summed E-state index contributed by atoms with van der Waals surface area (Å²) in [5.74, 6) is 1.71. The Hall–Kier alpha value is -5.42. The van der Waals surface area contributed by atoms with Crippen LogP contribution in [0.3, 0.4) is 0 Å². The van der Waals surface area contributed by atoms with Gasteiger partial charge in [0.15, 0.2) is 11.5 Å². The van der Waals surface area contributed by atoms with Crippen molar-refractivity contribution in [3.05, 3.63) is 125 Å². The Morgan fingerprint density at radius 3 is 1.77 bits per heavy atom. The Morgan fingerprint density at radius 1 is 0.474 bits per heavy atom. The summed E-state index contributed by atoms with van der Waals surface area (Å²) in [4.78, 5) is 5.17. The zero-order chi connectivity index (χ0) is 40.1. The number of nitrogens with zero attached hydrogens (tertiary/aromatic N) is 2. The number of fused-ring (bicyclic) bond motifs is 9. The molecule has 4 nitrogen and oxygen atoms in total. The molecule has 57 heavy (non-hydrogen) atoms. The Kier molecular flexibility index (Phi) is 7.31. The second kappa shape index (κ2) is 11.6. The Morgan fingerprint density at radius 2 is 1.09 bits per heavy atom. The molecule has 0 N–H and O–H groups in total. The zero-order valence-corrected chi connectivity index (χ0v) is 35.6. The van der Waals surface area contributed by atoms with E-state index in [1.54, 1.807) is 0 Å². The average Bonchev–Trinajstić information content (AvgIpc) is 3.50. The van der Waals surface area contributed by atoms with E-state index in [0.29, 0.717) is 0 Å². The van der Waals surface area contributed by atoms with E-state index in [1.165, 1.54) is 61.4 Å². The summed E-state index contributed by atoms with van der Waals surface area (Å²) in [6.07, 6.45) is 0. The third-order valence-corrected chi connectivity index (χ3v) is 12.6. The van der Waals surface area contributed by atoms with Crippen LogP contribution < -0.4 is 25.4 Å². The van der Waals surface area contributed by atoms with Crippen LogP contribution in [0.1, 0.15) is 105 Å². The molecule has 0 aliphatic carbocycles. The Balaban J connectivity index is 1.35. The molecule has 0 saturated heterocycles. The first-order valence-corrected chi connectivity index (χ1v) is 20.6. The van der Waals surface area contributed by atoms with Gasteiger partial charge in [0, 0.05) is 39.5 Å². The maximum absolute atomic E-state index is 7.09. The maximum atomic E-state index is 7.09. The van der Waals surface area contributed by atoms with Gasteiger partial charge in [-0.15, -0.1) is 0 Å². The fourth-order valence-electron chi connectivity index (χ4n) is 9.23. The van der Waals surface area contributed by atoms with Gasteiger partial charge >= 0.3 is 6.85 Å². The van der Waals surface area contributed by atoms with E-state index in [1.807, 2.05) is 6.07 Å². The van der Waals surface area contributed by atoms with Crippen molar-refractivity contribution < 1.29 is 9.15 Å². The molecule has 3 aliphatic rings. The number of anilines is 5. The second-order valence-corrected chi connectivity index (χ2v) is 20.8. The first-order chi connectivity index (χ1) is 26.8.